The number of carbonyl (C=O) groups excluding carboxylic acids is 2. The molecule has 0 spiro atoms. The van der Waals surface area contributed by atoms with Crippen LogP contribution < -0.4 is 10.2 Å². The third kappa shape index (κ3) is 3.56. The Labute approximate surface area is 146 Å². The van der Waals surface area contributed by atoms with E-state index in [2.05, 4.69) is 53.1 Å². The maximum Gasteiger partial charge on any atom is 0.291 e. The first-order valence-corrected chi connectivity index (χ1v) is 8.77. The van der Waals surface area contributed by atoms with E-state index in [0.717, 1.165) is 48.1 Å². The molecule has 3 rings (SSSR count). The van der Waals surface area contributed by atoms with Gasteiger partial charge in [-0.3, -0.25) is 14.9 Å². The lowest BCUT2D eigenvalue weighted by molar-refractivity contribution is -0.115. The summed E-state index contributed by atoms with van der Waals surface area (Å²) in [5, 5.41) is 1.91. The molecule has 0 bridgehead atoms. The first-order chi connectivity index (χ1) is 11.4. The predicted octanol–water partition coefficient (Wildman–Crippen LogP) is 2.61. The van der Waals surface area contributed by atoms with Crippen molar-refractivity contribution < 1.29 is 9.59 Å². The Morgan fingerprint density at radius 2 is 2.17 bits per heavy atom. The second-order valence-electron chi connectivity index (χ2n) is 6.38. The van der Waals surface area contributed by atoms with Crippen LogP contribution in [0.2, 0.25) is 0 Å². The van der Waals surface area contributed by atoms with Gasteiger partial charge in [-0.2, -0.15) is 0 Å². The van der Waals surface area contributed by atoms with E-state index in [9.17, 15) is 9.59 Å². The lowest BCUT2D eigenvalue weighted by Crippen LogP contribution is -2.31. The van der Waals surface area contributed by atoms with Crippen LogP contribution in [0, 0.1) is 6.92 Å². The smallest absolute Gasteiger partial charge is 0.291 e. The molecule has 24 heavy (non-hydrogen) atoms. The maximum atomic E-state index is 11.6. The lowest BCUT2D eigenvalue weighted by atomic mass is 10.1. The molecule has 126 valence electrons. The standard InChI is InChI=1S/C18H21N3O2S/c1-12-4-6-15(21-9-8-14(11-21)20(2)3)13(10-12)5-7-16-17(22)19-18(23)24-16/h4-6,10,14H,8-9,11H2,1-3H3,(H,19,22,23)/t7?,14-/m0/s1. The molecule has 0 saturated carbocycles. The molecule has 1 N–H and O–H groups in total. The number of benzene rings is 1. The summed E-state index contributed by atoms with van der Waals surface area (Å²) in [6, 6.07) is 6.86. The van der Waals surface area contributed by atoms with E-state index in [1.807, 2.05) is 13.0 Å². The molecule has 2 aliphatic rings. The zero-order valence-corrected chi connectivity index (χ0v) is 14.9. The molecule has 6 heteroatoms. The van der Waals surface area contributed by atoms with Crippen molar-refractivity contribution in [3.63, 3.8) is 0 Å². The van der Waals surface area contributed by atoms with Crippen molar-refractivity contribution >= 4 is 34.7 Å². The van der Waals surface area contributed by atoms with Crippen LogP contribution in [0.1, 0.15) is 17.5 Å². The van der Waals surface area contributed by atoms with Crippen molar-refractivity contribution in [1.29, 1.82) is 0 Å². The first-order valence-electron chi connectivity index (χ1n) is 7.96. The van der Waals surface area contributed by atoms with Gasteiger partial charge >= 0.3 is 0 Å². The number of likely N-dealkylation sites (N-methyl/N-ethyl adjacent to an activating group) is 1. The number of hydrogen-bond donors (Lipinski definition) is 1. The van der Waals surface area contributed by atoms with Crippen LogP contribution in [0.25, 0.3) is 6.08 Å². The van der Waals surface area contributed by atoms with Gasteiger partial charge in [-0.25, -0.2) is 0 Å². The molecule has 1 atom stereocenters. The number of carbonyl (C=O) groups is 2. The van der Waals surface area contributed by atoms with Crippen LogP contribution in [0.15, 0.2) is 28.8 Å². The van der Waals surface area contributed by atoms with E-state index in [-0.39, 0.29) is 11.1 Å². The molecule has 2 heterocycles. The van der Waals surface area contributed by atoms with Gasteiger partial charge in [-0.1, -0.05) is 17.4 Å². The van der Waals surface area contributed by atoms with Crippen LogP contribution in [0.3, 0.4) is 0 Å². The fraction of sp³-hybridized carbons (Fsp3) is 0.389. The summed E-state index contributed by atoms with van der Waals surface area (Å²) >= 11 is 0.894. The molecule has 2 amide bonds. The number of imide groups is 1. The molecule has 0 unspecified atom stereocenters. The Morgan fingerprint density at radius 3 is 2.79 bits per heavy atom. The number of nitrogens with one attached hydrogen (secondary N) is 1. The van der Waals surface area contributed by atoms with Gasteiger partial charge in [0.05, 0.1) is 0 Å². The summed E-state index contributed by atoms with van der Waals surface area (Å²) in [6.45, 7) is 4.04. The average molecular weight is 343 g/mol. The number of hydrogen-bond acceptors (Lipinski definition) is 5. The number of nitrogens with zero attached hydrogens (tertiary/aromatic N) is 2. The highest BCUT2D eigenvalue weighted by Gasteiger charge is 2.26. The highest BCUT2D eigenvalue weighted by Crippen LogP contribution is 2.29. The molecule has 2 fully saturated rings. The van der Waals surface area contributed by atoms with Crippen LogP contribution in [0.5, 0.6) is 0 Å². The Hall–Kier alpha value is -2.01. The fourth-order valence-electron chi connectivity index (χ4n) is 3.01. The van der Waals surface area contributed by atoms with E-state index in [0.29, 0.717) is 10.9 Å². The van der Waals surface area contributed by atoms with Crippen LogP contribution in [-0.2, 0) is 4.79 Å². The van der Waals surface area contributed by atoms with E-state index in [1.165, 1.54) is 0 Å². The minimum atomic E-state index is -0.371. The summed E-state index contributed by atoms with van der Waals surface area (Å²) in [7, 11) is 4.23. The number of aryl methyl sites for hydroxylation is 1. The topological polar surface area (TPSA) is 52.6 Å². The maximum absolute atomic E-state index is 11.6. The van der Waals surface area contributed by atoms with Crippen molar-refractivity contribution in [2.75, 3.05) is 32.1 Å². The quantitative estimate of drug-likeness (QED) is 0.675. The van der Waals surface area contributed by atoms with Crippen LogP contribution in [-0.4, -0.2) is 49.3 Å². The highest BCUT2D eigenvalue weighted by atomic mass is 32.2. The van der Waals surface area contributed by atoms with Gasteiger partial charge in [0.1, 0.15) is 4.91 Å². The zero-order chi connectivity index (χ0) is 17.3. The van der Waals surface area contributed by atoms with Crippen molar-refractivity contribution in [3.05, 3.63) is 40.0 Å². The zero-order valence-electron chi connectivity index (χ0n) is 14.1. The van der Waals surface area contributed by atoms with E-state index < -0.39 is 0 Å². The first kappa shape index (κ1) is 16.8. The fourth-order valence-corrected chi connectivity index (χ4v) is 3.60. The SMILES string of the molecule is Cc1ccc(N2CC[C@H](N(C)C)C2)c(C=C=C2SC(=O)NC2=O)c1. The van der Waals surface area contributed by atoms with Crippen molar-refractivity contribution in [2.24, 2.45) is 0 Å². The van der Waals surface area contributed by atoms with E-state index in [1.54, 1.807) is 0 Å². The largest absolute Gasteiger partial charge is 0.369 e. The third-order valence-electron chi connectivity index (χ3n) is 4.39. The minimum absolute atomic E-state index is 0.319. The molecule has 0 aliphatic carbocycles. The molecule has 0 radical (unpaired) electrons. The monoisotopic (exact) mass is 343 g/mol. The molecule has 5 nitrogen and oxygen atoms in total. The van der Waals surface area contributed by atoms with E-state index >= 15 is 0 Å². The van der Waals surface area contributed by atoms with Crippen molar-refractivity contribution in [1.82, 2.24) is 10.2 Å². The summed E-state index contributed by atoms with van der Waals surface area (Å²) < 4.78 is 0. The Morgan fingerprint density at radius 1 is 1.38 bits per heavy atom. The minimum Gasteiger partial charge on any atom is -0.369 e. The number of anilines is 1. The number of thioether (sulfide) groups is 1. The van der Waals surface area contributed by atoms with Gasteiger partial charge in [0.2, 0.25) is 0 Å². The average Bonchev–Trinajstić information content (AvgIpc) is 3.12. The normalized spacial score (nSPS) is 20.6. The second-order valence-corrected chi connectivity index (χ2v) is 7.36. The summed E-state index contributed by atoms with van der Waals surface area (Å²) in [5.74, 6) is -0.371. The van der Waals surface area contributed by atoms with Gasteiger partial charge in [0, 0.05) is 30.4 Å². The summed E-state index contributed by atoms with van der Waals surface area (Å²) in [6.07, 6.45) is 2.95. The molecule has 1 aromatic rings. The Kier molecular flexibility index (Phi) is 4.81. The van der Waals surface area contributed by atoms with Gasteiger partial charge in [-0.05, 0) is 57.4 Å². The Balaban J connectivity index is 1.91. The molecule has 0 aromatic heterocycles. The third-order valence-corrected chi connectivity index (χ3v) is 5.19. The number of amides is 2. The molecule has 2 aliphatic heterocycles. The number of rotatable bonds is 3. The van der Waals surface area contributed by atoms with Crippen molar-refractivity contribution in [3.8, 4) is 0 Å². The summed E-state index contributed by atoms with van der Waals surface area (Å²) in [5.41, 5.74) is 6.31. The molecular formula is C18H21N3O2S. The van der Waals surface area contributed by atoms with Gasteiger partial charge in [0.15, 0.2) is 0 Å². The lowest BCUT2D eigenvalue weighted by Gasteiger charge is -2.23. The van der Waals surface area contributed by atoms with Gasteiger partial charge in [-0.15, -0.1) is 0 Å². The summed E-state index contributed by atoms with van der Waals surface area (Å²) in [4.78, 5) is 27.8. The molecular weight excluding hydrogens is 322 g/mol. The molecule has 2 saturated heterocycles. The highest BCUT2D eigenvalue weighted by molar-refractivity contribution is 8.18. The van der Waals surface area contributed by atoms with Crippen LogP contribution >= 0.6 is 11.8 Å². The predicted molar refractivity (Wildman–Crippen MR) is 98.1 cm³/mol. The van der Waals surface area contributed by atoms with E-state index in [4.69, 9.17) is 0 Å². The van der Waals surface area contributed by atoms with Gasteiger partial charge < -0.3 is 9.80 Å². The second kappa shape index (κ2) is 6.85. The van der Waals surface area contributed by atoms with Crippen molar-refractivity contribution in [2.45, 2.75) is 19.4 Å². The van der Waals surface area contributed by atoms with Gasteiger partial charge in [0.25, 0.3) is 11.1 Å². The molecule has 1 aromatic carbocycles. The Bertz CT molecular complexity index is 751. The van der Waals surface area contributed by atoms with Crippen LogP contribution in [0.4, 0.5) is 10.5 Å².